The van der Waals surface area contributed by atoms with Crippen LogP contribution in [0.3, 0.4) is 0 Å². The van der Waals surface area contributed by atoms with Gasteiger partial charge in [0, 0.05) is 4.47 Å². The second-order valence-corrected chi connectivity index (χ2v) is 4.30. The molecule has 1 heterocycles. The molecular weight excluding hydrogens is 258 g/mol. The molecule has 4 nitrogen and oxygen atoms in total. The molecule has 1 aromatic rings. The highest BCUT2D eigenvalue weighted by Gasteiger charge is 2.17. The lowest BCUT2D eigenvalue weighted by molar-refractivity contribution is 0.204. The number of benzene rings is 1. The molecule has 0 bridgehead atoms. The number of aryl methyl sites for hydroxylation is 1. The first-order valence-corrected chi connectivity index (χ1v) is 5.44. The fourth-order valence-electron chi connectivity index (χ4n) is 1.40. The van der Waals surface area contributed by atoms with Crippen LogP contribution in [0.25, 0.3) is 0 Å². The predicted molar refractivity (Wildman–Crippen MR) is 62.9 cm³/mol. The molecule has 5 heteroatoms. The number of guanidine groups is 1. The molecule has 2 rings (SSSR count). The van der Waals surface area contributed by atoms with Crippen molar-refractivity contribution in [1.29, 1.82) is 0 Å². The Labute approximate surface area is 96.7 Å². The lowest BCUT2D eigenvalue weighted by atomic mass is 10.2. The number of ether oxygens (including phenoxy) is 1. The van der Waals surface area contributed by atoms with Gasteiger partial charge < -0.3 is 15.8 Å². The van der Waals surface area contributed by atoms with Crippen LogP contribution in [0.15, 0.2) is 27.7 Å². The first kappa shape index (κ1) is 10.3. The zero-order valence-electron chi connectivity index (χ0n) is 8.33. The lowest BCUT2D eigenvalue weighted by Gasteiger charge is -2.15. The minimum atomic E-state index is -0.148. The summed E-state index contributed by atoms with van der Waals surface area (Å²) >= 11 is 3.40. The van der Waals surface area contributed by atoms with Crippen molar-refractivity contribution < 1.29 is 4.74 Å². The molecule has 0 saturated heterocycles. The molecule has 3 N–H and O–H groups in total. The summed E-state index contributed by atoms with van der Waals surface area (Å²) in [6, 6.07) is 5.88. The van der Waals surface area contributed by atoms with Crippen LogP contribution in [0.1, 0.15) is 5.56 Å². The summed E-state index contributed by atoms with van der Waals surface area (Å²) in [6.45, 7) is 2.56. The normalized spacial score (nSPS) is 19.6. The van der Waals surface area contributed by atoms with Gasteiger partial charge in [0.25, 0.3) is 0 Å². The molecule has 0 amide bonds. The van der Waals surface area contributed by atoms with E-state index < -0.39 is 0 Å². The third-order valence-corrected chi connectivity index (χ3v) is 2.64. The fraction of sp³-hybridized carbons (Fsp3) is 0.300. The third kappa shape index (κ3) is 2.41. The van der Waals surface area contributed by atoms with Crippen molar-refractivity contribution in [3.8, 4) is 5.75 Å². The summed E-state index contributed by atoms with van der Waals surface area (Å²) < 4.78 is 6.75. The second-order valence-electron chi connectivity index (χ2n) is 3.39. The second kappa shape index (κ2) is 4.10. The Morgan fingerprint density at radius 1 is 1.60 bits per heavy atom. The summed E-state index contributed by atoms with van der Waals surface area (Å²) in [5.41, 5.74) is 6.57. The van der Waals surface area contributed by atoms with Crippen molar-refractivity contribution in [3.05, 3.63) is 28.2 Å². The van der Waals surface area contributed by atoms with E-state index in [2.05, 4.69) is 26.2 Å². The van der Waals surface area contributed by atoms with Crippen LogP contribution in [-0.4, -0.2) is 18.7 Å². The molecule has 1 unspecified atom stereocenters. The van der Waals surface area contributed by atoms with Crippen LogP contribution < -0.4 is 15.8 Å². The first-order chi connectivity index (χ1) is 7.15. The maximum atomic E-state index is 5.70. The van der Waals surface area contributed by atoms with Crippen molar-refractivity contribution in [1.82, 2.24) is 5.32 Å². The largest absolute Gasteiger partial charge is 0.468 e. The number of hydrogen-bond donors (Lipinski definition) is 2. The number of nitrogens with zero attached hydrogens (tertiary/aromatic N) is 1. The highest BCUT2D eigenvalue weighted by atomic mass is 79.9. The molecule has 0 fully saturated rings. The Hall–Kier alpha value is -1.23. The maximum Gasteiger partial charge on any atom is 0.191 e. The smallest absolute Gasteiger partial charge is 0.191 e. The van der Waals surface area contributed by atoms with Crippen molar-refractivity contribution in [2.45, 2.75) is 13.2 Å². The van der Waals surface area contributed by atoms with E-state index in [1.165, 1.54) is 0 Å². The van der Waals surface area contributed by atoms with Gasteiger partial charge in [0.2, 0.25) is 0 Å². The van der Waals surface area contributed by atoms with Gasteiger partial charge in [0.1, 0.15) is 5.75 Å². The Morgan fingerprint density at radius 3 is 3.00 bits per heavy atom. The van der Waals surface area contributed by atoms with Gasteiger partial charge in [-0.3, -0.25) is 0 Å². The summed E-state index contributed by atoms with van der Waals surface area (Å²) in [5, 5.41) is 2.94. The molecule has 1 aromatic carbocycles. The molecule has 0 radical (unpaired) electrons. The van der Waals surface area contributed by atoms with Gasteiger partial charge in [-0.25, -0.2) is 4.99 Å². The minimum Gasteiger partial charge on any atom is -0.468 e. The Bertz CT molecular complexity index is 406. The van der Waals surface area contributed by atoms with Gasteiger partial charge in [-0.15, -0.1) is 0 Å². The van der Waals surface area contributed by atoms with Gasteiger partial charge in [-0.1, -0.05) is 15.9 Å². The van der Waals surface area contributed by atoms with Gasteiger partial charge in [0.05, 0.1) is 6.54 Å². The maximum absolute atomic E-state index is 5.70. The Kier molecular flexibility index (Phi) is 2.81. The summed E-state index contributed by atoms with van der Waals surface area (Å²) in [6.07, 6.45) is -0.148. The standard InChI is InChI=1S/C10H12BrN3O/c1-6-4-7(11)2-3-8(6)15-9-5-13-10(12)14-9/h2-4,9H,5H2,1H3,(H3,12,13,14). The molecule has 80 valence electrons. The monoisotopic (exact) mass is 269 g/mol. The van der Waals surface area contributed by atoms with E-state index in [4.69, 9.17) is 10.5 Å². The summed E-state index contributed by atoms with van der Waals surface area (Å²) in [7, 11) is 0. The molecule has 0 aliphatic carbocycles. The lowest BCUT2D eigenvalue weighted by Crippen LogP contribution is -2.38. The predicted octanol–water partition coefficient (Wildman–Crippen LogP) is 1.38. The van der Waals surface area contributed by atoms with Crippen molar-refractivity contribution >= 4 is 21.9 Å². The van der Waals surface area contributed by atoms with Gasteiger partial charge >= 0.3 is 0 Å². The zero-order chi connectivity index (χ0) is 10.8. The van der Waals surface area contributed by atoms with Crippen LogP contribution in [0, 0.1) is 6.92 Å². The average Bonchev–Trinajstić information content (AvgIpc) is 2.56. The molecule has 0 aromatic heterocycles. The molecule has 0 spiro atoms. The van der Waals surface area contributed by atoms with E-state index in [9.17, 15) is 0 Å². The Balaban J connectivity index is 2.05. The van der Waals surface area contributed by atoms with E-state index in [1.54, 1.807) is 0 Å². The summed E-state index contributed by atoms with van der Waals surface area (Å²) in [4.78, 5) is 4.01. The van der Waals surface area contributed by atoms with E-state index >= 15 is 0 Å². The number of halogens is 1. The van der Waals surface area contributed by atoms with Crippen LogP contribution in [0.2, 0.25) is 0 Å². The third-order valence-electron chi connectivity index (χ3n) is 2.14. The van der Waals surface area contributed by atoms with Gasteiger partial charge in [0.15, 0.2) is 12.2 Å². The van der Waals surface area contributed by atoms with Crippen LogP contribution >= 0.6 is 15.9 Å². The molecule has 1 aliphatic heterocycles. The molecule has 1 atom stereocenters. The van der Waals surface area contributed by atoms with Crippen LogP contribution in [0.5, 0.6) is 5.75 Å². The van der Waals surface area contributed by atoms with Crippen molar-refractivity contribution in [2.24, 2.45) is 10.7 Å². The quantitative estimate of drug-likeness (QED) is 0.853. The number of rotatable bonds is 2. The van der Waals surface area contributed by atoms with E-state index in [0.29, 0.717) is 12.5 Å². The first-order valence-electron chi connectivity index (χ1n) is 4.64. The van der Waals surface area contributed by atoms with E-state index in [-0.39, 0.29) is 6.23 Å². The molecule has 0 saturated carbocycles. The SMILES string of the molecule is Cc1cc(Br)ccc1OC1CN=C(N)N1. The van der Waals surface area contributed by atoms with Gasteiger partial charge in [-0.2, -0.15) is 0 Å². The minimum absolute atomic E-state index is 0.148. The number of nitrogens with one attached hydrogen (secondary N) is 1. The zero-order valence-corrected chi connectivity index (χ0v) is 9.91. The Morgan fingerprint density at radius 2 is 2.40 bits per heavy atom. The van der Waals surface area contributed by atoms with Crippen LogP contribution in [0.4, 0.5) is 0 Å². The molecule has 15 heavy (non-hydrogen) atoms. The average molecular weight is 270 g/mol. The molecule has 1 aliphatic rings. The van der Waals surface area contributed by atoms with Crippen molar-refractivity contribution in [3.63, 3.8) is 0 Å². The van der Waals surface area contributed by atoms with Crippen LogP contribution in [-0.2, 0) is 0 Å². The number of nitrogens with two attached hydrogens (primary N) is 1. The number of hydrogen-bond acceptors (Lipinski definition) is 4. The van der Waals surface area contributed by atoms with Crippen molar-refractivity contribution in [2.75, 3.05) is 6.54 Å². The molecular formula is C10H12BrN3O. The van der Waals surface area contributed by atoms with E-state index in [1.807, 2.05) is 25.1 Å². The van der Waals surface area contributed by atoms with E-state index in [0.717, 1.165) is 15.8 Å². The highest BCUT2D eigenvalue weighted by Crippen LogP contribution is 2.23. The fourth-order valence-corrected chi connectivity index (χ4v) is 1.88. The summed E-state index contributed by atoms with van der Waals surface area (Å²) in [5.74, 6) is 1.29. The highest BCUT2D eigenvalue weighted by molar-refractivity contribution is 9.10. The topological polar surface area (TPSA) is 59.6 Å². The number of aliphatic imine (C=N–C) groups is 1. The van der Waals surface area contributed by atoms with Gasteiger partial charge in [-0.05, 0) is 30.7 Å².